The third-order valence-corrected chi connectivity index (χ3v) is 7.22. The third-order valence-electron chi connectivity index (χ3n) is 5.52. The lowest BCUT2D eigenvalue weighted by molar-refractivity contribution is 0.0274. The van der Waals surface area contributed by atoms with Crippen molar-refractivity contribution in [2.45, 2.75) is 58.4 Å². The molecule has 0 amide bonds. The van der Waals surface area contributed by atoms with Crippen molar-refractivity contribution in [3.05, 3.63) is 40.4 Å². The Morgan fingerprint density at radius 3 is 2.69 bits per heavy atom. The number of pyridine rings is 2. The molecular formula is C25H35N5O4Si. The fourth-order valence-electron chi connectivity index (χ4n) is 3.64. The van der Waals surface area contributed by atoms with E-state index < -0.39 is 13.7 Å². The predicted octanol–water partition coefficient (Wildman–Crippen LogP) is 2.92. The molecule has 0 aliphatic carbocycles. The summed E-state index contributed by atoms with van der Waals surface area (Å²) in [6, 6.07) is 4.40. The first kappa shape index (κ1) is 26.6. The van der Waals surface area contributed by atoms with Crippen molar-refractivity contribution in [1.82, 2.24) is 19.1 Å². The van der Waals surface area contributed by atoms with Gasteiger partial charge in [0.2, 0.25) is 5.43 Å². The largest absolute Gasteiger partial charge is 0.384 e. The quantitative estimate of drug-likeness (QED) is 0.265. The summed E-state index contributed by atoms with van der Waals surface area (Å²) in [4.78, 5) is 22.5. The number of nitrogen functional groups attached to an aromatic ring is 1. The molecule has 10 heteroatoms. The molecule has 0 spiro atoms. The van der Waals surface area contributed by atoms with Crippen molar-refractivity contribution >= 4 is 24.9 Å². The topological polar surface area (TPSA) is 117 Å². The third kappa shape index (κ3) is 6.38. The summed E-state index contributed by atoms with van der Waals surface area (Å²) in [5.41, 5.74) is 6.11. The van der Waals surface area contributed by atoms with Crippen LogP contribution in [0.5, 0.6) is 0 Å². The molecule has 0 unspecified atom stereocenters. The van der Waals surface area contributed by atoms with Crippen LogP contribution in [-0.2, 0) is 22.7 Å². The number of aliphatic hydroxyl groups is 1. The average Bonchev–Trinajstić information content (AvgIpc) is 3.23. The normalized spacial score (nSPS) is 13.5. The Balaban J connectivity index is 2.02. The van der Waals surface area contributed by atoms with Gasteiger partial charge in [0.15, 0.2) is 0 Å². The summed E-state index contributed by atoms with van der Waals surface area (Å²) in [6.45, 7) is 11.9. The lowest BCUT2D eigenvalue weighted by Crippen LogP contribution is -2.27. The van der Waals surface area contributed by atoms with Crippen LogP contribution in [0.25, 0.3) is 22.4 Å². The summed E-state index contributed by atoms with van der Waals surface area (Å²) < 4.78 is 14.4. The molecule has 3 heterocycles. The monoisotopic (exact) mass is 497 g/mol. The first-order valence-electron chi connectivity index (χ1n) is 11.6. The Morgan fingerprint density at radius 1 is 1.29 bits per heavy atom. The number of methoxy groups -OCH3 is 1. The standard InChI is InChI=1S/C25H35N5O4Si/c1-7-30-22(26)20(24-27-12-13-29(24)17-34-14-15-35(4,5)6)21(31)19-9-8-18(28-23(19)30)10-11-25(2,32)16-33-3/h8-9,12-13,32H,7,14-17,26H2,1-6H3/t25-/m1/s1. The lowest BCUT2D eigenvalue weighted by Gasteiger charge is -2.18. The van der Waals surface area contributed by atoms with Gasteiger partial charge in [-0.3, -0.25) is 4.79 Å². The molecule has 3 aromatic rings. The van der Waals surface area contributed by atoms with E-state index >= 15 is 0 Å². The van der Waals surface area contributed by atoms with E-state index in [1.54, 1.807) is 40.6 Å². The molecule has 0 aliphatic rings. The highest BCUT2D eigenvalue weighted by Crippen LogP contribution is 2.25. The number of aromatic nitrogens is 4. The summed E-state index contributed by atoms with van der Waals surface area (Å²) >= 11 is 0. The molecule has 0 saturated heterocycles. The minimum absolute atomic E-state index is 0.0675. The van der Waals surface area contributed by atoms with Crippen LogP contribution in [0.3, 0.4) is 0 Å². The fourth-order valence-corrected chi connectivity index (χ4v) is 4.39. The molecule has 35 heavy (non-hydrogen) atoms. The lowest BCUT2D eigenvalue weighted by atomic mass is 10.1. The second kappa shape index (κ2) is 10.7. The zero-order valence-corrected chi connectivity index (χ0v) is 22.4. The van der Waals surface area contributed by atoms with Gasteiger partial charge in [-0.05, 0) is 37.9 Å². The van der Waals surface area contributed by atoms with Crippen molar-refractivity contribution in [3.63, 3.8) is 0 Å². The number of imidazole rings is 1. The minimum Gasteiger partial charge on any atom is -0.384 e. The predicted molar refractivity (Wildman–Crippen MR) is 141 cm³/mol. The highest BCUT2D eigenvalue weighted by molar-refractivity contribution is 6.76. The van der Waals surface area contributed by atoms with Gasteiger partial charge in [0, 0.05) is 40.7 Å². The van der Waals surface area contributed by atoms with E-state index in [0.29, 0.717) is 41.3 Å². The molecule has 0 radical (unpaired) electrons. The fraction of sp³-hybridized carbons (Fsp3) is 0.480. The van der Waals surface area contributed by atoms with Gasteiger partial charge in [-0.2, -0.15) is 0 Å². The molecule has 3 rings (SSSR count). The number of rotatable bonds is 9. The van der Waals surface area contributed by atoms with Gasteiger partial charge < -0.3 is 29.4 Å². The molecule has 1 atom stereocenters. The van der Waals surface area contributed by atoms with E-state index in [0.717, 1.165) is 6.04 Å². The molecule has 0 saturated carbocycles. The Hall–Kier alpha value is -2.97. The van der Waals surface area contributed by atoms with E-state index in [-0.39, 0.29) is 24.6 Å². The zero-order valence-electron chi connectivity index (χ0n) is 21.4. The summed E-state index contributed by atoms with van der Waals surface area (Å²) in [5, 5.41) is 10.7. The highest BCUT2D eigenvalue weighted by Gasteiger charge is 2.21. The SMILES string of the molecule is CCn1c(N)c(-c2nccn2COCC[Si](C)(C)C)c(=O)c2ccc(C#C[C@@](C)(O)COC)nc21. The molecule has 0 fully saturated rings. The van der Waals surface area contributed by atoms with Gasteiger partial charge in [-0.25, -0.2) is 9.97 Å². The van der Waals surface area contributed by atoms with Crippen molar-refractivity contribution < 1.29 is 14.6 Å². The average molecular weight is 498 g/mol. The van der Waals surface area contributed by atoms with Crippen LogP contribution in [0.2, 0.25) is 25.7 Å². The van der Waals surface area contributed by atoms with Crippen molar-refractivity contribution in [2.75, 3.05) is 26.1 Å². The summed E-state index contributed by atoms with van der Waals surface area (Å²) in [5.74, 6) is 6.37. The number of aryl methyl sites for hydroxylation is 1. The van der Waals surface area contributed by atoms with Crippen LogP contribution in [0.1, 0.15) is 19.5 Å². The first-order chi connectivity index (χ1) is 16.5. The molecule has 0 bridgehead atoms. The number of ether oxygens (including phenoxy) is 2. The maximum Gasteiger partial charge on any atom is 0.204 e. The van der Waals surface area contributed by atoms with E-state index in [1.165, 1.54) is 7.11 Å². The second-order valence-corrected chi connectivity index (χ2v) is 15.5. The van der Waals surface area contributed by atoms with Crippen LogP contribution < -0.4 is 11.2 Å². The van der Waals surface area contributed by atoms with E-state index in [1.807, 2.05) is 6.92 Å². The van der Waals surface area contributed by atoms with Gasteiger partial charge in [-0.1, -0.05) is 25.6 Å². The number of hydrogen-bond acceptors (Lipinski definition) is 7. The molecule has 0 aromatic carbocycles. The molecule has 188 valence electrons. The van der Waals surface area contributed by atoms with Crippen LogP contribution in [-0.4, -0.2) is 58.2 Å². The van der Waals surface area contributed by atoms with Crippen molar-refractivity contribution in [3.8, 4) is 23.2 Å². The van der Waals surface area contributed by atoms with Crippen molar-refractivity contribution in [2.24, 2.45) is 0 Å². The summed E-state index contributed by atoms with van der Waals surface area (Å²) in [6.07, 6.45) is 3.42. The van der Waals surface area contributed by atoms with E-state index in [9.17, 15) is 9.90 Å². The van der Waals surface area contributed by atoms with Gasteiger partial charge in [-0.15, -0.1) is 0 Å². The summed E-state index contributed by atoms with van der Waals surface area (Å²) in [7, 11) is 0.292. The van der Waals surface area contributed by atoms with Crippen LogP contribution in [0.15, 0.2) is 29.3 Å². The van der Waals surface area contributed by atoms with Gasteiger partial charge in [0.1, 0.15) is 40.9 Å². The number of fused-ring (bicyclic) bond motifs is 1. The number of nitrogens with zero attached hydrogens (tertiary/aromatic N) is 4. The Labute approximate surface area is 206 Å². The first-order valence-corrected chi connectivity index (χ1v) is 15.3. The van der Waals surface area contributed by atoms with Crippen LogP contribution >= 0.6 is 0 Å². The Kier molecular flexibility index (Phi) is 8.17. The highest BCUT2D eigenvalue weighted by atomic mass is 28.3. The van der Waals surface area contributed by atoms with Gasteiger partial charge >= 0.3 is 0 Å². The molecule has 3 aromatic heterocycles. The Bertz CT molecular complexity index is 1310. The second-order valence-electron chi connectivity index (χ2n) is 9.93. The molecule has 3 N–H and O–H groups in total. The van der Waals surface area contributed by atoms with Gasteiger partial charge in [0.25, 0.3) is 0 Å². The van der Waals surface area contributed by atoms with E-state index in [4.69, 9.17) is 15.2 Å². The van der Waals surface area contributed by atoms with E-state index in [2.05, 4.69) is 41.4 Å². The minimum atomic E-state index is -1.31. The number of nitrogens with two attached hydrogens (primary N) is 1. The van der Waals surface area contributed by atoms with Crippen molar-refractivity contribution in [1.29, 1.82) is 0 Å². The number of anilines is 1. The Morgan fingerprint density at radius 2 is 2.03 bits per heavy atom. The van der Waals surface area contributed by atoms with Crippen LogP contribution in [0.4, 0.5) is 5.82 Å². The maximum absolute atomic E-state index is 13.5. The van der Waals surface area contributed by atoms with Gasteiger partial charge in [0.05, 0.1) is 12.0 Å². The zero-order chi connectivity index (χ0) is 25.8. The molecular weight excluding hydrogens is 462 g/mol. The number of hydrogen-bond donors (Lipinski definition) is 2. The maximum atomic E-state index is 13.5. The molecule has 0 aliphatic heterocycles. The smallest absolute Gasteiger partial charge is 0.204 e. The molecule has 9 nitrogen and oxygen atoms in total. The van der Waals surface area contributed by atoms with Crippen LogP contribution in [0, 0.1) is 11.8 Å².